The van der Waals surface area contributed by atoms with Crippen LogP contribution in [0.25, 0.3) is 0 Å². The fourth-order valence-corrected chi connectivity index (χ4v) is 1.59. The van der Waals surface area contributed by atoms with Gasteiger partial charge in [0.25, 0.3) is 0 Å². The Morgan fingerprint density at radius 3 is 0.885 bits per heavy atom. The van der Waals surface area contributed by atoms with Crippen LogP contribution in [-0.2, 0) is 16.5 Å². The number of rotatable bonds is 12. The van der Waals surface area contributed by atoms with Gasteiger partial charge in [0.05, 0.1) is 39.4 Å². The van der Waals surface area contributed by atoms with Gasteiger partial charge in [0.15, 0.2) is 26.4 Å². The molecule has 0 aromatic carbocycles. The molecular weight excluding hydrogens is 426 g/mol. The molecule has 0 saturated carbocycles. The molecule has 14 heteroatoms. The maximum Gasteiger partial charge on any atom is 2.00 e. The molecule has 0 rings (SSSR count). The van der Waals surface area contributed by atoms with E-state index in [1.807, 2.05) is 9.80 Å². The molecule has 0 aliphatic carbocycles. The van der Waals surface area contributed by atoms with Crippen LogP contribution in [0.3, 0.4) is 0 Å². The van der Waals surface area contributed by atoms with Gasteiger partial charge in [-0.3, -0.25) is 9.80 Å². The largest absolute Gasteiger partial charge is 2.00 e. The third-order valence-electron chi connectivity index (χ3n) is 2.54. The van der Waals surface area contributed by atoms with Gasteiger partial charge in [0.1, 0.15) is 0 Å². The van der Waals surface area contributed by atoms with Crippen LogP contribution in [-0.4, -0.2) is 119 Å². The Hall–Kier alpha value is 0.304. The van der Waals surface area contributed by atoms with Crippen molar-refractivity contribution in [3.05, 3.63) is 0 Å². The first-order valence-electron chi connectivity index (χ1n) is 7.56. The van der Waals surface area contributed by atoms with Crippen LogP contribution < -0.4 is 18.6 Å². The number of aliphatic hydroxyl groups excluding tert-OH is 2. The topological polar surface area (TPSA) is 231 Å². The predicted molar refractivity (Wildman–Crippen MR) is 81.0 cm³/mol. The van der Waals surface area contributed by atoms with Gasteiger partial charge in [-0.2, -0.15) is 0 Å². The summed E-state index contributed by atoms with van der Waals surface area (Å²) < 4.78 is 34.0. The molecule has 0 amide bonds. The Kier molecular flexibility index (Phi) is 32.9. The molecule has 0 aromatic heterocycles. The van der Waals surface area contributed by atoms with E-state index in [0.29, 0.717) is 65.7 Å². The molecule has 0 aliphatic rings. The minimum Gasteiger partial charge on any atom is -0.444 e. The Labute approximate surface area is 165 Å². The van der Waals surface area contributed by atoms with Gasteiger partial charge in [0.2, 0.25) is 0 Å². The first kappa shape index (κ1) is 33.9. The van der Waals surface area contributed by atoms with Gasteiger partial charge in [-0.25, -0.2) is 18.6 Å². The van der Waals surface area contributed by atoms with Crippen LogP contribution in [0.15, 0.2) is 0 Å². The molecule has 164 valence electrons. The van der Waals surface area contributed by atoms with Gasteiger partial charge in [-0.05, 0) is 0 Å². The van der Waals surface area contributed by atoms with Crippen LogP contribution in [0.1, 0.15) is 0 Å². The van der Waals surface area contributed by atoms with Gasteiger partial charge >= 0.3 is 16.5 Å². The van der Waals surface area contributed by atoms with E-state index in [0.717, 1.165) is 0 Å². The number of hydrogen-bond acceptors (Lipinski definition) is 8. The fourth-order valence-electron chi connectivity index (χ4n) is 1.59. The summed E-state index contributed by atoms with van der Waals surface area (Å²) in [5.74, 6) is 0. The fraction of sp³-hybridized carbons (Fsp3) is 1.00. The van der Waals surface area contributed by atoms with E-state index in [9.17, 15) is 0 Å². The second-order valence-electron chi connectivity index (χ2n) is 4.51. The smallest absolute Gasteiger partial charge is 0.444 e. The Balaban J connectivity index is -0.000000145. The van der Waals surface area contributed by atoms with Gasteiger partial charge in [0, 0.05) is 13.1 Å². The third-order valence-corrected chi connectivity index (χ3v) is 2.54. The second kappa shape index (κ2) is 25.3. The molecule has 0 unspecified atom stereocenters. The molecule has 26 heavy (non-hydrogen) atoms. The van der Waals surface area contributed by atoms with Crippen molar-refractivity contribution in [1.29, 1.82) is 0 Å². The van der Waals surface area contributed by atoms with Crippen molar-refractivity contribution < 1.29 is 76.0 Å². The van der Waals surface area contributed by atoms with Crippen molar-refractivity contribution in [3.63, 3.8) is 0 Å². The Morgan fingerprint density at radius 2 is 0.769 bits per heavy atom. The standard InChI is InChI=1S/2C6H15NO3.ClHO4.Ni/c2*8-4-1-7(2-5-9)3-6-10;2-1(3,4)5;/h2*8-10H,1-6H2;(H,2,3,4,5);/q;;;+2/p+3. The molecular formula is C12H34ClN2NiO10+5. The average Bonchev–Trinajstić information content (AvgIpc) is 2.48. The van der Waals surface area contributed by atoms with E-state index in [2.05, 4.69) is 0 Å². The molecule has 0 saturated heterocycles. The second-order valence-corrected chi connectivity index (χ2v) is 5.26. The van der Waals surface area contributed by atoms with Crippen molar-refractivity contribution in [2.75, 3.05) is 78.9 Å². The van der Waals surface area contributed by atoms with E-state index in [1.54, 1.807) is 0 Å². The molecule has 0 atom stereocenters. The van der Waals surface area contributed by atoms with E-state index >= 15 is 0 Å². The maximum absolute atomic E-state index is 8.53. The molecule has 0 bridgehead atoms. The normalized spacial score (nSPS) is 10.6. The van der Waals surface area contributed by atoms with Gasteiger partial charge in [-0.15, -0.1) is 10.2 Å². The van der Waals surface area contributed by atoms with Crippen molar-refractivity contribution in [2.45, 2.75) is 0 Å². The SMILES string of the molecule is OCCN(CC[OH2+])CC[OH2+].OCCN(CC[OH2+])CC[OH2+].[Ni+2].[O-][Cl+3]([O-])([O-])[O-]. The van der Waals surface area contributed by atoms with Gasteiger partial charge in [-0.1, -0.05) is 0 Å². The molecule has 0 spiro atoms. The summed E-state index contributed by atoms with van der Waals surface area (Å²) in [6, 6.07) is 0. The van der Waals surface area contributed by atoms with Crippen molar-refractivity contribution in [2.24, 2.45) is 0 Å². The van der Waals surface area contributed by atoms with E-state index in [-0.39, 0.29) is 29.7 Å². The molecule has 12 nitrogen and oxygen atoms in total. The van der Waals surface area contributed by atoms with Crippen LogP contribution in [0.4, 0.5) is 0 Å². The quantitative estimate of drug-likeness (QED) is 0.209. The molecule has 0 aliphatic heterocycles. The van der Waals surface area contributed by atoms with Crippen LogP contribution in [0.2, 0.25) is 0 Å². The zero-order valence-electron chi connectivity index (χ0n) is 14.6. The van der Waals surface area contributed by atoms with E-state index < -0.39 is 10.2 Å². The first-order valence-corrected chi connectivity index (χ1v) is 8.80. The minimum absolute atomic E-state index is 0. The average molecular weight is 461 g/mol. The maximum atomic E-state index is 8.53. The number of hydrogen-bond donors (Lipinski definition) is 2. The third kappa shape index (κ3) is 39.4. The van der Waals surface area contributed by atoms with Crippen molar-refractivity contribution in [1.82, 2.24) is 9.80 Å². The molecule has 0 radical (unpaired) electrons. The Bertz CT molecular complexity index is 202. The number of aliphatic hydroxyl groups is 2. The summed E-state index contributed by atoms with van der Waals surface area (Å²) in [5.41, 5.74) is 0. The summed E-state index contributed by atoms with van der Waals surface area (Å²) >= 11 is 0. The summed E-state index contributed by atoms with van der Waals surface area (Å²) in [7, 11) is -4.94. The molecule has 0 fully saturated rings. The van der Waals surface area contributed by atoms with Crippen molar-refractivity contribution in [3.8, 4) is 0 Å². The number of halogens is 1. The monoisotopic (exact) mass is 459 g/mol. The molecule has 0 aromatic rings. The zero-order valence-corrected chi connectivity index (χ0v) is 16.3. The van der Waals surface area contributed by atoms with Crippen LogP contribution >= 0.6 is 0 Å². The van der Waals surface area contributed by atoms with E-state index in [4.69, 9.17) is 49.3 Å². The Morgan fingerprint density at radius 1 is 0.577 bits per heavy atom. The summed E-state index contributed by atoms with van der Waals surface area (Å²) in [6.45, 7) is 5.49. The molecule has 0 heterocycles. The first-order chi connectivity index (χ1) is 11.7. The predicted octanol–water partition coefficient (Wildman–Crippen LogP) is -9.30. The molecule has 10 N–H and O–H groups in total. The van der Waals surface area contributed by atoms with Gasteiger partial charge < -0.3 is 30.6 Å². The van der Waals surface area contributed by atoms with Crippen LogP contribution in [0, 0.1) is 10.2 Å². The van der Waals surface area contributed by atoms with E-state index in [1.165, 1.54) is 0 Å². The van der Waals surface area contributed by atoms with Crippen molar-refractivity contribution >= 4 is 0 Å². The zero-order chi connectivity index (χ0) is 20.1. The minimum atomic E-state index is -4.94. The summed E-state index contributed by atoms with van der Waals surface area (Å²) in [4.78, 5) is 3.83. The van der Waals surface area contributed by atoms with Crippen LogP contribution in [0.5, 0.6) is 0 Å². The number of nitrogens with zero attached hydrogens (tertiary/aromatic N) is 2. The summed E-state index contributed by atoms with van der Waals surface area (Å²) in [6.07, 6.45) is 0. The summed E-state index contributed by atoms with van der Waals surface area (Å²) in [5, 5.41) is 44.7.